The van der Waals surface area contributed by atoms with E-state index < -0.39 is 10.8 Å². The number of hydrogen-bond donors (Lipinski definition) is 3. The Morgan fingerprint density at radius 3 is 2.53 bits per heavy atom. The van der Waals surface area contributed by atoms with Crippen LogP contribution in [0.3, 0.4) is 0 Å². The van der Waals surface area contributed by atoms with Crippen LogP contribution in [0.25, 0.3) is 0 Å². The lowest BCUT2D eigenvalue weighted by molar-refractivity contribution is -0.349. The van der Waals surface area contributed by atoms with Crippen molar-refractivity contribution in [1.29, 1.82) is 5.41 Å². The number of carbonyl (C=O) groups is 1. The van der Waals surface area contributed by atoms with Gasteiger partial charge in [0.2, 0.25) is 0 Å². The van der Waals surface area contributed by atoms with Gasteiger partial charge in [0.05, 0.1) is 6.08 Å². The summed E-state index contributed by atoms with van der Waals surface area (Å²) < 4.78 is 0. The highest BCUT2D eigenvalue weighted by atomic mass is 16.6. The average molecular weight is 269 g/mol. The van der Waals surface area contributed by atoms with Crippen molar-refractivity contribution < 1.29 is 9.72 Å². The van der Waals surface area contributed by atoms with E-state index in [1.54, 1.807) is 4.90 Å². The molecule has 1 saturated heterocycles. The Kier molecular flexibility index (Phi) is 5.43. The molecule has 8 heteroatoms. The molecule has 106 valence electrons. The second kappa shape index (κ2) is 6.83. The molecule has 1 aliphatic heterocycles. The summed E-state index contributed by atoms with van der Waals surface area (Å²) in [6.45, 7) is 6.17. The van der Waals surface area contributed by atoms with Gasteiger partial charge in [-0.1, -0.05) is 5.41 Å². The molecule has 0 aromatic carbocycles. The minimum atomic E-state index is -0.826. The summed E-state index contributed by atoms with van der Waals surface area (Å²) >= 11 is 0. The molecule has 0 unspecified atom stereocenters. The molecule has 1 heterocycles. The van der Waals surface area contributed by atoms with Gasteiger partial charge in [0, 0.05) is 32.2 Å². The number of nitrogens with zero attached hydrogens (tertiary/aromatic N) is 2. The predicted molar refractivity (Wildman–Crippen MR) is 70.5 cm³/mol. The van der Waals surface area contributed by atoms with E-state index in [9.17, 15) is 14.9 Å². The first-order valence-corrected chi connectivity index (χ1v) is 6.13. The lowest BCUT2D eigenvalue weighted by Crippen LogP contribution is -2.48. The molecular formula is C11H19N5O3. The van der Waals surface area contributed by atoms with Gasteiger partial charge in [0.1, 0.15) is 5.70 Å². The zero-order chi connectivity index (χ0) is 14.4. The van der Waals surface area contributed by atoms with Crippen molar-refractivity contribution in [2.45, 2.75) is 19.9 Å². The highest BCUT2D eigenvalue weighted by Gasteiger charge is 2.22. The Bertz CT molecular complexity index is 399. The van der Waals surface area contributed by atoms with Crippen molar-refractivity contribution in [3.05, 3.63) is 21.9 Å². The fraction of sp³-hybridized carbons (Fsp3) is 0.636. The SMILES string of the molecule is CC(C)N/C(=C\C(=N)[N+](=O)[O-])C(=O)N1CCNCC1. The lowest BCUT2D eigenvalue weighted by atomic mass is 10.2. The van der Waals surface area contributed by atoms with Crippen molar-refractivity contribution in [2.75, 3.05) is 26.2 Å². The van der Waals surface area contributed by atoms with E-state index >= 15 is 0 Å². The predicted octanol–water partition coefficient (Wildman–Crippen LogP) is -0.446. The Hall–Kier alpha value is -1.96. The highest BCUT2D eigenvalue weighted by molar-refractivity contribution is 5.99. The van der Waals surface area contributed by atoms with Gasteiger partial charge in [-0.25, -0.2) is 0 Å². The number of piperazine rings is 1. The van der Waals surface area contributed by atoms with Crippen LogP contribution in [0.1, 0.15) is 13.8 Å². The fourth-order valence-electron chi connectivity index (χ4n) is 1.70. The molecule has 1 amide bonds. The molecule has 1 aliphatic rings. The second-order valence-corrected chi connectivity index (χ2v) is 4.54. The van der Waals surface area contributed by atoms with Crippen LogP contribution in [0.15, 0.2) is 11.8 Å². The van der Waals surface area contributed by atoms with Crippen LogP contribution in [0.5, 0.6) is 0 Å². The van der Waals surface area contributed by atoms with Gasteiger partial charge in [-0.3, -0.25) is 4.79 Å². The highest BCUT2D eigenvalue weighted by Crippen LogP contribution is 2.03. The molecule has 19 heavy (non-hydrogen) atoms. The number of rotatable bonds is 4. The van der Waals surface area contributed by atoms with Gasteiger partial charge in [0.25, 0.3) is 5.91 Å². The number of amides is 1. The maximum absolute atomic E-state index is 12.2. The van der Waals surface area contributed by atoms with Gasteiger partial charge in [-0.2, -0.15) is 0 Å². The Morgan fingerprint density at radius 2 is 2.05 bits per heavy atom. The summed E-state index contributed by atoms with van der Waals surface area (Å²) in [5.74, 6) is -1.10. The largest absolute Gasteiger partial charge is 0.378 e. The summed E-state index contributed by atoms with van der Waals surface area (Å²) in [4.78, 5) is 23.5. The van der Waals surface area contributed by atoms with Gasteiger partial charge in [0.15, 0.2) is 0 Å². The minimum Gasteiger partial charge on any atom is -0.378 e. The van der Waals surface area contributed by atoms with Crippen molar-refractivity contribution in [3.63, 3.8) is 0 Å². The first-order chi connectivity index (χ1) is 8.91. The number of carbonyl (C=O) groups excluding carboxylic acids is 1. The first-order valence-electron chi connectivity index (χ1n) is 6.13. The van der Waals surface area contributed by atoms with Crippen LogP contribution in [-0.2, 0) is 4.79 Å². The maximum atomic E-state index is 12.2. The Labute approximate surface area is 111 Å². The first kappa shape index (κ1) is 15.1. The molecule has 0 aliphatic carbocycles. The minimum absolute atomic E-state index is 0.0438. The molecule has 0 atom stereocenters. The standard InChI is InChI=1S/C11H19N5O3/c1-8(2)14-9(7-10(12)16(18)19)11(17)15-5-3-13-4-6-15/h7-8,12-14H,3-6H2,1-2H3/b9-7-,12-10?. The summed E-state index contributed by atoms with van der Waals surface area (Å²) in [5.41, 5.74) is 0.0959. The van der Waals surface area contributed by atoms with Gasteiger partial charge >= 0.3 is 5.84 Å². The summed E-state index contributed by atoms with van der Waals surface area (Å²) in [6, 6.07) is -0.0438. The third-order valence-electron chi connectivity index (χ3n) is 2.56. The number of amidine groups is 1. The van der Waals surface area contributed by atoms with Gasteiger partial charge in [-0.15, -0.1) is 0 Å². The van der Waals surface area contributed by atoms with Gasteiger partial charge in [-0.05, 0) is 18.8 Å². The van der Waals surface area contributed by atoms with Crippen molar-refractivity contribution in [1.82, 2.24) is 15.5 Å². The van der Waals surface area contributed by atoms with Crippen molar-refractivity contribution in [2.24, 2.45) is 0 Å². The fourth-order valence-corrected chi connectivity index (χ4v) is 1.70. The van der Waals surface area contributed by atoms with Crippen LogP contribution in [0.4, 0.5) is 0 Å². The summed E-state index contributed by atoms with van der Waals surface area (Å²) in [6.07, 6.45) is 0.977. The van der Waals surface area contributed by atoms with Crippen molar-refractivity contribution >= 4 is 11.7 Å². The third-order valence-corrected chi connectivity index (χ3v) is 2.56. The quantitative estimate of drug-likeness (QED) is 0.210. The van der Waals surface area contributed by atoms with E-state index in [2.05, 4.69) is 10.6 Å². The number of nitro groups is 1. The summed E-state index contributed by atoms with van der Waals surface area (Å²) in [5, 5.41) is 23.7. The third kappa shape index (κ3) is 4.66. The van der Waals surface area contributed by atoms with Crippen molar-refractivity contribution in [3.8, 4) is 0 Å². The monoisotopic (exact) mass is 269 g/mol. The van der Waals surface area contributed by atoms with E-state index in [1.165, 1.54) is 0 Å². The zero-order valence-corrected chi connectivity index (χ0v) is 11.1. The second-order valence-electron chi connectivity index (χ2n) is 4.54. The lowest BCUT2D eigenvalue weighted by Gasteiger charge is -2.29. The summed E-state index contributed by atoms with van der Waals surface area (Å²) in [7, 11) is 0. The van der Waals surface area contributed by atoms with E-state index in [-0.39, 0.29) is 17.6 Å². The average Bonchev–Trinajstić information content (AvgIpc) is 2.37. The molecule has 0 saturated carbocycles. The number of nitrogens with one attached hydrogen (secondary N) is 3. The van der Waals surface area contributed by atoms with E-state index in [1.807, 2.05) is 13.8 Å². The zero-order valence-electron chi connectivity index (χ0n) is 11.1. The van der Waals surface area contributed by atoms with E-state index in [4.69, 9.17) is 5.41 Å². The van der Waals surface area contributed by atoms with Crippen LogP contribution in [-0.4, -0.2) is 53.8 Å². The topological polar surface area (TPSA) is 111 Å². The Morgan fingerprint density at radius 1 is 1.47 bits per heavy atom. The molecule has 1 fully saturated rings. The van der Waals surface area contributed by atoms with E-state index in [0.29, 0.717) is 26.2 Å². The molecule has 0 spiro atoms. The molecule has 0 bridgehead atoms. The molecule has 1 rings (SSSR count). The van der Waals surface area contributed by atoms with Crippen LogP contribution in [0, 0.1) is 15.5 Å². The maximum Gasteiger partial charge on any atom is 0.357 e. The molecule has 3 N–H and O–H groups in total. The molecule has 8 nitrogen and oxygen atoms in total. The van der Waals surface area contributed by atoms with E-state index in [0.717, 1.165) is 6.08 Å². The molecule has 0 aromatic heterocycles. The van der Waals surface area contributed by atoms with Gasteiger partial charge < -0.3 is 25.6 Å². The molecule has 0 aromatic rings. The number of hydrogen-bond acceptors (Lipinski definition) is 6. The smallest absolute Gasteiger partial charge is 0.357 e. The normalized spacial score (nSPS) is 16.4. The molecule has 0 radical (unpaired) electrons. The van der Waals surface area contributed by atoms with Crippen LogP contribution >= 0.6 is 0 Å². The Balaban J connectivity index is 2.86. The molecular weight excluding hydrogens is 250 g/mol. The van der Waals surface area contributed by atoms with Crippen LogP contribution < -0.4 is 10.6 Å². The van der Waals surface area contributed by atoms with Crippen LogP contribution in [0.2, 0.25) is 0 Å².